The summed E-state index contributed by atoms with van der Waals surface area (Å²) >= 11 is 0. The van der Waals surface area contributed by atoms with Crippen LogP contribution < -0.4 is 0 Å². The van der Waals surface area contributed by atoms with Crippen molar-refractivity contribution in [1.29, 1.82) is 0 Å². The molecular formula is C24H32N4O4. The first-order valence-corrected chi connectivity index (χ1v) is 11.8. The number of rotatable bonds is 4. The van der Waals surface area contributed by atoms with Crippen LogP contribution >= 0.6 is 0 Å². The maximum atomic E-state index is 13.1. The number of carbonyl (C=O) groups is 4. The van der Waals surface area contributed by atoms with E-state index in [1.54, 1.807) is 32.9 Å². The fourth-order valence-corrected chi connectivity index (χ4v) is 5.04. The van der Waals surface area contributed by atoms with Crippen LogP contribution in [0.5, 0.6) is 0 Å². The zero-order valence-corrected chi connectivity index (χ0v) is 19.0. The third-order valence-corrected chi connectivity index (χ3v) is 6.98. The number of hydrogen-bond acceptors (Lipinski definition) is 4. The molecule has 0 N–H and O–H groups in total. The van der Waals surface area contributed by atoms with Gasteiger partial charge in [-0.2, -0.15) is 0 Å². The van der Waals surface area contributed by atoms with Crippen LogP contribution in [0.2, 0.25) is 0 Å². The topological polar surface area (TPSA) is 81.2 Å². The quantitative estimate of drug-likeness (QED) is 0.675. The zero-order chi connectivity index (χ0) is 22.8. The Morgan fingerprint density at radius 1 is 0.875 bits per heavy atom. The van der Waals surface area contributed by atoms with Gasteiger partial charge in [0.2, 0.25) is 0 Å². The second kappa shape index (κ2) is 9.30. The fraction of sp³-hybridized carbons (Fsp3) is 0.583. The third kappa shape index (κ3) is 3.98. The number of nitrogens with zero attached hydrogens (tertiary/aromatic N) is 4. The Hall–Kier alpha value is -2.90. The van der Waals surface area contributed by atoms with Gasteiger partial charge in [-0.1, -0.05) is 19.3 Å². The van der Waals surface area contributed by atoms with Gasteiger partial charge in [-0.3, -0.25) is 19.3 Å². The van der Waals surface area contributed by atoms with E-state index in [0.717, 1.165) is 32.1 Å². The predicted octanol–water partition coefficient (Wildman–Crippen LogP) is 2.83. The molecule has 1 saturated heterocycles. The average molecular weight is 441 g/mol. The van der Waals surface area contributed by atoms with Gasteiger partial charge in [-0.05, 0) is 44.9 Å². The molecule has 172 valence electrons. The Morgan fingerprint density at radius 2 is 1.47 bits per heavy atom. The van der Waals surface area contributed by atoms with E-state index in [-0.39, 0.29) is 29.8 Å². The number of hydrogen-bond donors (Lipinski definition) is 0. The van der Waals surface area contributed by atoms with Crippen LogP contribution in [0.15, 0.2) is 18.2 Å². The van der Waals surface area contributed by atoms with Crippen molar-refractivity contribution >= 4 is 23.8 Å². The van der Waals surface area contributed by atoms with Crippen molar-refractivity contribution in [2.24, 2.45) is 0 Å². The SMILES string of the molecule is CCN(CC)C(=O)N1CCN(C(=O)c2ccc3c(c2)C(=O)N(C2CCCCC2)C3=O)CC1. The van der Waals surface area contributed by atoms with Crippen molar-refractivity contribution in [3.05, 3.63) is 34.9 Å². The van der Waals surface area contributed by atoms with Gasteiger partial charge in [0, 0.05) is 50.9 Å². The van der Waals surface area contributed by atoms with E-state index in [1.807, 2.05) is 13.8 Å². The molecule has 1 aromatic rings. The monoisotopic (exact) mass is 440 g/mol. The van der Waals surface area contributed by atoms with Gasteiger partial charge in [0.05, 0.1) is 11.1 Å². The van der Waals surface area contributed by atoms with Gasteiger partial charge in [-0.15, -0.1) is 0 Å². The van der Waals surface area contributed by atoms with Gasteiger partial charge in [0.1, 0.15) is 0 Å². The molecule has 0 spiro atoms. The van der Waals surface area contributed by atoms with E-state index in [2.05, 4.69) is 0 Å². The highest BCUT2D eigenvalue weighted by atomic mass is 16.2. The molecule has 8 heteroatoms. The number of imide groups is 1. The number of piperazine rings is 1. The molecule has 3 aliphatic rings. The first kappa shape index (κ1) is 22.3. The number of benzene rings is 1. The van der Waals surface area contributed by atoms with Crippen molar-refractivity contribution in [2.45, 2.75) is 52.0 Å². The summed E-state index contributed by atoms with van der Waals surface area (Å²) in [7, 11) is 0. The van der Waals surface area contributed by atoms with Gasteiger partial charge in [0.15, 0.2) is 0 Å². The summed E-state index contributed by atoms with van der Waals surface area (Å²) in [6.07, 6.45) is 4.92. The van der Waals surface area contributed by atoms with Gasteiger partial charge >= 0.3 is 6.03 Å². The molecule has 2 heterocycles. The Balaban J connectivity index is 1.44. The second-order valence-corrected chi connectivity index (χ2v) is 8.77. The van der Waals surface area contributed by atoms with Crippen molar-refractivity contribution < 1.29 is 19.2 Å². The number of amides is 5. The largest absolute Gasteiger partial charge is 0.335 e. The summed E-state index contributed by atoms with van der Waals surface area (Å²) in [5, 5.41) is 0. The molecule has 1 aliphatic carbocycles. The van der Waals surface area contributed by atoms with E-state index < -0.39 is 0 Å². The number of carbonyl (C=O) groups excluding carboxylic acids is 4. The lowest BCUT2D eigenvalue weighted by Gasteiger charge is -2.37. The highest BCUT2D eigenvalue weighted by Gasteiger charge is 2.40. The second-order valence-electron chi connectivity index (χ2n) is 8.77. The highest BCUT2D eigenvalue weighted by Crippen LogP contribution is 2.31. The molecule has 0 unspecified atom stereocenters. The summed E-state index contributed by atoms with van der Waals surface area (Å²) < 4.78 is 0. The van der Waals surface area contributed by atoms with E-state index in [1.165, 1.54) is 4.90 Å². The molecule has 1 saturated carbocycles. The smallest absolute Gasteiger partial charge is 0.320 e. The molecule has 1 aromatic carbocycles. The molecule has 2 aliphatic heterocycles. The van der Waals surface area contributed by atoms with E-state index >= 15 is 0 Å². The van der Waals surface area contributed by atoms with Crippen molar-refractivity contribution in [3.63, 3.8) is 0 Å². The minimum absolute atomic E-state index is 0.00606. The standard InChI is InChI=1S/C24H32N4O4/c1-3-25(4-2)24(32)27-14-12-26(13-15-27)21(29)17-10-11-19-20(16-17)23(31)28(22(19)30)18-8-6-5-7-9-18/h10-11,16,18H,3-9,12-15H2,1-2H3. The number of fused-ring (bicyclic) bond motifs is 1. The maximum Gasteiger partial charge on any atom is 0.320 e. The summed E-state index contributed by atoms with van der Waals surface area (Å²) in [4.78, 5) is 58.2. The Morgan fingerprint density at radius 3 is 2.09 bits per heavy atom. The van der Waals surface area contributed by atoms with Crippen LogP contribution in [0.4, 0.5) is 4.79 Å². The van der Waals surface area contributed by atoms with Crippen molar-refractivity contribution in [1.82, 2.24) is 19.6 Å². The van der Waals surface area contributed by atoms with Crippen molar-refractivity contribution in [2.75, 3.05) is 39.3 Å². The molecule has 0 radical (unpaired) electrons. The van der Waals surface area contributed by atoms with Gasteiger partial charge in [0.25, 0.3) is 17.7 Å². The highest BCUT2D eigenvalue weighted by molar-refractivity contribution is 6.22. The molecule has 2 fully saturated rings. The maximum absolute atomic E-state index is 13.1. The molecule has 0 atom stereocenters. The van der Waals surface area contributed by atoms with Gasteiger partial charge in [-0.25, -0.2) is 4.79 Å². The fourth-order valence-electron chi connectivity index (χ4n) is 5.04. The van der Waals surface area contributed by atoms with E-state index in [4.69, 9.17) is 0 Å². The molecule has 0 bridgehead atoms. The molecule has 5 amide bonds. The van der Waals surface area contributed by atoms with Crippen LogP contribution in [0.1, 0.15) is 77.0 Å². The minimum Gasteiger partial charge on any atom is -0.335 e. The van der Waals surface area contributed by atoms with Crippen LogP contribution in [0.25, 0.3) is 0 Å². The van der Waals surface area contributed by atoms with Crippen LogP contribution in [-0.4, -0.2) is 88.7 Å². The third-order valence-electron chi connectivity index (χ3n) is 6.98. The van der Waals surface area contributed by atoms with Crippen molar-refractivity contribution in [3.8, 4) is 0 Å². The zero-order valence-electron chi connectivity index (χ0n) is 19.0. The summed E-state index contributed by atoms with van der Waals surface area (Å²) in [5.74, 6) is -0.681. The van der Waals surface area contributed by atoms with Crippen LogP contribution in [-0.2, 0) is 0 Å². The molecule has 0 aromatic heterocycles. The predicted molar refractivity (Wildman–Crippen MR) is 120 cm³/mol. The van der Waals surface area contributed by atoms with Crippen LogP contribution in [0, 0.1) is 0 Å². The lowest BCUT2D eigenvalue weighted by molar-refractivity contribution is 0.0548. The Bertz CT molecular complexity index is 913. The summed E-state index contributed by atoms with van der Waals surface area (Å²) in [6.45, 7) is 7.10. The van der Waals surface area contributed by atoms with E-state index in [9.17, 15) is 19.2 Å². The lowest BCUT2D eigenvalue weighted by atomic mass is 9.94. The summed E-state index contributed by atoms with van der Waals surface area (Å²) in [6, 6.07) is 4.81. The first-order chi connectivity index (χ1) is 15.5. The first-order valence-electron chi connectivity index (χ1n) is 11.8. The average Bonchev–Trinajstić information content (AvgIpc) is 3.09. The van der Waals surface area contributed by atoms with E-state index in [0.29, 0.717) is 56.0 Å². The van der Waals surface area contributed by atoms with Crippen LogP contribution in [0.3, 0.4) is 0 Å². The van der Waals surface area contributed by atoms with Gasteiger partial charge < -0.3 is 14.7 Å². The molecule has 8 nitrogen and oxygen atoms in total. The Kier molecular flexibility index (Phi) is 6.48. The molecule has 32 heavy (non-hydrogen) atoms. The summed E-state index contributed by atoms with van der Waals surface area (Å²) in [5.41, 5.74) is 1.15. The lowest BCUT2D eigenvalue weighted by Crippen LogP contribution is -2.54. The number of urea groups is 1. The normalized spacial score (nSPS) is 19.4. The Labute approximate surface area is 189 Å². The molecule has 4 rings (SSSR count). The molecular weight excluding hydrogens is 408 g/mol. The minimum atomic E-state index is -0.277.